The first-order chi connectivity index (χ1) is 14.4. The zero-order valence-corrected chi connectivity index (χ0v) is 17.6. The first-order valence-corrected chi connectivity index (χ1v) is 10.9. The summed E-state index contributed by atoms with van der Waals surface area (Å²) >= 11 is 0. The van der Waals surface area contributed by atoms with E-state index in [1.165, 1.54) is 0 Å². The molecule has 5 rings (SSSR count). The summed E-state index contributed by atoms with van der Waals surface area (Å²) in [5.41, 5.74) is 0.753. The van der Waals surface area contributed by atoms with E-state index in [1.807, 2.05) is 18.2 Å². The second-order valence-electron chi connectivity index (χ2n) is 9.69. The number of ether oxygens (including phenoxy) is 3. The van der Waals surface area contributed by atoms with Gasteiger partial charge in [0.05, 0.1) is 31.8 Å². The van der Waals surface area contributed by atoms with Gasteiger partial charge in [0.2, 0.25) is 6.04 Å². The van der Waals surface area contributed by atoms with Crippen molar-refractivity contribution in [2.24, 2.45) is 17.3 Å². The van der Waals surface area contributed by atoms with Gasteiger partial charge in [-0.25, -0.2) is 0 Å². The van der Waals surface area contributed by atoms with Crippen LogP contribution in [-0.2, 0) is 21.3 Å². The second kappa shape index (κ2) is 6.66. The Labute approximate surface area is 176 Å². The molecule has 3 aliphatic carbocycles. The first-order valence-electron chi connectivity index (χ1n) is 10.9. The Balaban J connectivity index is 1.65. The molecular formula is C23H28N2O5. The Morgan fingerprint density at radius 2 is 2.07 bits per heavy atom. The van der Waals surface area contributed by atoms with E-state index in [9.17, 15) is 15.4 Å². The average molecular weight is 412 g/mol. The van der Waals surface area contributed by atoms with Crippen molar-refractivity contribution in [1.29, 1.82) is 5.26 Å². The first kappa shape index (κ1) is 19.8. The van der Waals surface area contributed by atoms with E-state index in [-0.39, 0.29) is 23.2 Å². The quantitative estimate of drug-likeness (QED) is 0.544. The van der Waals surface area contributed by atoms with Crippen molar-refractivity contribution in [1.82, 2.24) is 0 Å². The third-order valence-corrected chi connectivity index (χ3v) is 8.50. The number of aryl methyl sites for hydroxylation is 1. The number of nitrogens with zero attached hydrogens (tertiary/aromatic N) is 2. The van der Waals surface area contributed by atoms with Crippen LogP contribution in [0.3, 0.4) is 0 Å². The summed E-state index contributed by atoms with van der Waals surface area (Å²) in [5, 5.41) is 22.8. The van der Waals surface area contributed by atoms with Gasteiger partial charge in [-0.05, 0) is 53.9 Å². The summed E-state index contributed by atoms with van der Waals surface area (Å²) in [6, 6.07) is 7.70. The van der Waals surface area contributed by atoms with Gasteiger partial charge >= 0.3 is 0 Å². The highest BCUT2D eigenvalue weighted by molar-refractivity contribution is 5.48. The number of methoxy groups -OCH3 is 1. The van der Waals surface area contributed by atoms with Crippen molar-refractivity contribution in [2.75, 3.05) is 20.3 Å². The molecule has 30 heavy (non-hydrogen) atoms. The van der Waals surface area contributed by atoms with Gasteiger partial charge in [-0.15, -0.1) is 0 Å². The Bertz CT molecular complexity index is 921. The maximum absolute atomic E-state index is 12.2. The molecule has 3 fully saturated rings. The molecule has 7 nitrogen and oxygen atoms in total. The van der Waals surface area contributed by atoms with Crippen LogP contribution < -0.4 is 4.74 Å². The lowest BCUT2D eigenvalue weighted by Gasteiger charge is -2.61. The fraction of sp³-hybridized carbons (Fsp3) is 0.696. The molecule has 0 radical (unpaired) electrons. The molecule has 0 amide bonds. The van der Waals surface area contributed by atoms with Crippen molar-refractivity contribution in [3.63, 3.8) is 0 Å². The Morgan fingerprint density at radius 3 is 2.73 bits per heavy atom. The van der Waals surface area contributed by atoms with Gasteiger partial charge in [0.15, 0.2) is 5.79 Å². The smallest absolute Gasteiger partial charge is 0.218 e. The van der Waals surface area contributed by atoms with Gasteiger partial charge in [0.1, 0.15) is 5.75 Å². The van der Waals surface area contributed by atoms with Gasteiger partial charge in [-0.2, -0.15) is 5.26 Å². The lowest BCUT2D eigenvalue weighted by Crippen LogP contribution is -2.64. The minimum Gasteiger partial charge on any atom is -0.497 e. The summed E-state index contributed by atoms with van der Waals surface area (Å²) in [7, 11) is 1.63. The molecule has 0 aromatic heterocycles. The maximum atomic E-state index is 12.2. The predicted octanol–water partition coefficient (Wildman–Crippen LogP) is 3.62. The molecule has 160 valence electrons. The van der Waals surface area contributed by atoms with Gasteiger partial charge < -0.3 is 14.2 Å². The van der Waals surface area contributed by atoms with E-state index in [0.29, 0.717) is 32.5 Å². The van der Waals surface area contributed by atoms with Gasteiger partial charge in [0, 0.05) is 30.1 Å². The van der Waals surface area contributed by atoms with Crippen LogP contribution in [0.2, 0.25) is 0 Å². The fourth-order valence-corrected chi connectivity index (χ4v) is 7.36. The van der Waals surface area contributed by atoms with Crippen LogP contribution in [0, 0.1) is 38.7 Å². The number of rotatable bonds is 2. The van der Waals surface area contributed by atoms with E-state index < -0.39 is 22.7 Å². The molecule has 1 spiro atoms. The molecule has 0 unspecified atom stereocenters. The van der Waals surface area contributed by atoms with E-state index in [1.54, 1.807) is 7.11 Å². The van der Waals surface area contributed by atoms with Gasteiger partial charge in [-0.3, -0.25) is 10.1 Å². The zero-order chi connectivity index (χ0) is 21.1. The molecule has 0 N–H and O–H groups in total. The summed E-state index contributed by atoms with van der Waals surface area (Å²) in [6.45, 7) is 3.29. The van der Waals surface area contributed by atoms with Crippen molar-refractivity contribution in [3.05, 3.63) is 39.4 Å². The predicted molar refractivity (Wildman–Crippen MR) is 108 cm³/mol. The third-order valence-electron chi connectivity index (χ3n) is 8.50. The highest BCUT2D eigenvalue weighted by Crippen LogP contribution is 2.65. The molecule has 2 saturated carbocycles. The van der Waals surface area contributed by atoms with Crippen molar-refractivity contribution in [3.8, 4) is 11.8 Å². The largest absolute Gasteiger partial charge is 0.497 e. The monoisotopic (exact) mass is 412 g/mol. The van der Waals surface area contributed by atoms with Crippen LogP contribution in [0.4, 0.5) is 0 Å². The van der Waals surface area contributed by atoms with E-state index in [0.717, 1.165) is 29.7 Å². The minimum atomic E-state index is -0.875. The second-order valence-corrected chi connectivity index (χ2v) is 9.69. The van der Waals surface area contributed by atoms with Crippen molar-refractivity contribution in [2.45, 2.75) is 62.7 Å². The number of benzene rings is 1. The van der Waals surface area contributed by atoms with E-state index in [4.69, 9.17) is 14.2 Å². The topological polar surface area (TPSA) is 94.6 Å². The van der Waals surface area contributed by atoms with Crippen LogP contribution in [0.5, 0.6) is 5.75 Å². The van der Waals surface area contributed by atoms with Crippen LogP contribution in [0.15, 0.2) is 18.2 Å². The fourth-order valence-electron chi connectivity index (χ4n) is 7.36. The molecule has 1 aromatic carbocycles. The lowest BCUT2D eigenvalue weighted by atomic mass is 9.42. The molecule has 1 heterocycles. The number of nitriles is 1. The summed E-state index contributed by atoms with van der Waals surface area (Å²) in [4.78, 5) is 12.1. The maximum Gasteiger partial charge on any atom is 0.218 e. The number of fused-ring (bicyclic) bond motifs is 5. The normalized spacial score (nSPS) is 38.8. The SMILES string of the molecule is COc1ccc2c(c1)CC[C@@H]1[C@@]3(C)CC4(CC[C@@H]3[C@@H]([N+](=O)[O-])C[C@]21C#N)OCCO4. The van der Waals surface area contributed by atoms with Crippen LogP contribution in [-0.4, -0.2) is 37.1 Å². The third kappa shape index (κ3) is 2.56. The molecule has 1 aliphatic heterocycles. The molecule has 5 atom stereocenters. The van der Waals surface area contributed by atoms with Crippen LogP contribution in [0.1, 0.15) is 50.2 Å². The van der Waals surface area contributed by atoms with Gasteiger partial charge in [0.25, 0.3) is 0 Å². The van der Waals surface area contributed by atoms with Crippen LogP contribution >= 0.6 is 0 Å². The highest BCUT2D eigenvalue weighted by atomic mass is 16.7. The standard InChI is InChI=1S/C23H28N2O5/c1-21-13-23(29-9-10-30-23)8-7-18(21)19(25(26)27)12-22(14-24)17-5-4-16(28-2)11-15(17)3-6-20(21)22/h4-5,11,18-20H,3,6-10,12-13H2,1-2H3/t18-,19+,20-,21+,22+/m1/s1. The Kier molecular flexibility index (Phi) is 4.39. The highest BCUT2D eigenvalue weighted by Gasteiger charge is 2.68. The Morgan fingerprint density at radius 1 is 1.30 bits per heavy atom. The number of hydrogen-bond donors (Lipinski definition) is 0. The molecule has 7 heteroatoms. The number of hydrogen-bond acceptors (Lipinski definition) is 6. The molecule has 1 saturated heterocycles. The lowest BCUT2D eigenvalue weighted by molar-refractivity contribution is -0.547. The van der Waals surface area contributed by atoms with E-state index >= 15 is 0 Å². The zero-order valence-electron chi connectivity index (χ0n) is 17.6. The molecule has 1 aromatic rings. The van der Waals surface area contributed by atoms with Crippen LogP contribution in [0.25, 0.3) is 0 Å². The minimum absolute atomic E-state index is 0.0297. The summed E-state index contributed by atoms with van der Waals surface area (Å²) in [6.07, 6.45) is 3.97. The summed E-state index contributed by atoms with van der Waals surface area (Å²) < 4.78 is 17.5. The molecule has 4 aliphatic rings. The number of nitro groups is 1. The molecule has 0 bridgehead atoms. The average Bonchev–Trinajstić information content (AvgIpc) is 3.19. The van der Waals surface area contributed by atoms with Crippen molar-refractivity contribution < 1.29 is 19.1 Å². The summed E-state index contributed by atoms with van der Waals surface area (Å²) in [5.74, 6) is 0.0696. The molecular weight excluding hydrogens is 384 g/mol. The van der Waals surface area contributed by atoms with Crippen molar-refractivity contribution >= 4 is 0 Å². The Hall–Kier alpha value is -2.17. The van der Waals surface area contributed by atoms with E-state index in [2.05, 4.69) is 13.0 Å². The van der Waals surface area contributed by atoms with Gasteiger partial charge in [-0.1, -0.05) is 13.0 Å².